The van der Waals surface area contributed by atoms with Gasteiger partial charge >= 0.3 is 0 Å². The van der Waals surface area contributed by atoms with E-state index in [9.17, 15) is 0 Å². The van der Waals surface area contributed by atoms with Gasteiger partial charge in [0.1, 0.15) is 0 Å². The molecule has 0 saturated carbocycles. The lowest BCUT2D eigenvalue weighted by atomic mass is 9.76. The summed E-state index contributed by atoms with van der Waals surface area (Å²) in [5, 5.41) is 4.64. The van der Waals surface area contributed by atoms with E-state index in [1.54, 1.807) is 0 Å². The molecule has 3 atom stereocenters. The molecular formula is C21H23ClN2. The molecule has 0 radical (unpaired) electrons. The predicted octanol–water partition coefficient (Wildman–Crippen LogP) is 5.54. The molecule has 0 fully saturated rings. The van der Waals surface area contributed by atoms with E-state index in [-0.39, 0.29) is 0 Å². The Kier molecular flexibility index (Phi) is 3.80. The molecule has 1 N–H and O–H groups in total. The Balaban J connectivity index is 1.76. The van der Waals surface area contributed by atoms with Gasteiger partial charge in [-0.2, -0.15) is 0 Å². The van der Waals surface area contributed by atoms with E-state index in [4.69, 9.17) is 11.6 Å². The molecule has 4 rings (SSSR count). The van der Waals surface area contributed by atoms with E-state index in [0.29, 0.717) is 17.9 Å². The van der Waals surface area contributed by atoms with Gasteiger partial charge in [-0.05, 0) is 54.2 Å². The number of benzene rings is 2. The van der Waals surface area contributed by atoms with Crippen LogP contribution in [-0.4, -0.2) is 14.1 Å². The van der Waals surface area contributed by atoms with Crippen molar-refractivity contribution in [3.63, 3.8) is 0 Å². The summed E-state index contributed by atoms with van der Waals surface area (Å²) in [7, 11) is 4.15. The fraction of sp³-hybridized carbons (Fsp3) is 0.333. The fourth-order valence-electron chi connectivity index (χ4n) is 4.10. The first kappa shape index (κ1) is 15.6. The van der Waals surface area contributed by atoms with Gasteiger partial charge in [0, 0.05) is 36.4 Å². The summed E-state index contributed by atoms with van der Waals surface area (Å²) in [6.07, 6.45) is 5.83. The summed E-state index contributed by atoms with van der Waals surface area (Å²) in [5.41, 5.74) is 6.34. The number of hydrogen-bond donors (Lipinski definition) is 1. The number of anilines is 2. The minimum absolute atomic E-state index is 0.325. The van der Waals surface area contributed by atoms with Crippen LogP contribution in [0.25, 0.3) is 0 Å². The first-order valence-corrected chi connectivity index (χ1v) is 8.93. The normalized spacial score (nSPS) is 24.2. The highest BCUT2D eigenvalue weighted by Crippen LogP contribution is 2.51. The Bertz CT molecular complexity index is 792. The van der Waals surface area contributed by atoms with Crippen molar-refractivity contribution in [3.8, 4) is 0 Å². The topological polar surface area (TPSA) is 15.3 Å². The summed E-state index contributed by atoms with van der Waals surface area (Å²) in [6.45, 7) is 2.11. The smallest absolute Gasteiger partial charge is 0.0554 e. The maximum atomic E-state index is 6.37. The van der Waals surface area contributed by atoms with Crippen molar-refractivity contribution in [2.24, 2.45) is 5.92 Å². The summed E-state index contributed by atoms with van der Waals surface area (Å²) in [6, 6.07) is 13.5. The molecule has 1 heterocycles. The summed E-state index contributed by atoms with van der Waals surface area (Å²) < 4.78 is 0. The zero-order chi connectivity index (χ0) is 16.8. The van der Waals surface area contributed by atoms with Gasteiger partial charge in [-0.15, -0.1) is 0 Å². The van der Waals surface area contributed by atoms with Gasteiger partial charge < -0.3 is 10.2 Å². The number of hydrogen-bond acceptors (Lipinski definition) is 2. The van der Waals surface area contributed by atoms with Crippen LogP contribution in [-0.2, 0) is 0 Å². The third-order valence-electron chi connectivity index (χ3n) is 5.50. The lowest BCUT2D eigenvalue weighted by molar-refractivity contribution is 0.425. The second kappa shape index (κ2) is 5.86. The van der Waals surface area contributed by atoms with Gasteiger partial charge in [-0.25, -0.2) is 0 Å². The van der Waals surface area contributed by atoms with Gasteiger partial charge in [0.2, 0.25) is 0 Å². The molecule has 2 aliphatic rings. The van der Waals surface area contributed by atoms with Crippen molar-refractivity contribution in [2.75, 3.05) is 24.3 Å². The Morgan fingerprint density at radius 3 is 2.54 bits per heavy atom. The molecule has 3 heteroatoms. The molecule has 3 unspecified atom stereocenters. The summed E-state index contributed by atoms with van der Waals surface area (Å²) >= 11 is 6.37. The first-order valence-electron chi connectivity index (χ1n) is 8.55. The molecule has 0 spiro atoms. The largest absolute Gasteiger partial charge is 0.378 e. The van der Waals surface area contributed by atoms with Crippen molar-refractivity contribution in [2.45, 2.75) is 25.3 Å². The maximum absolute atomic E-state index is 6.37. The predicted molar refractivity (Wildman–Crippen MR) is 103 cm³/mol. The van der Waals surface area contributed by atoms with E-state index in [1.807, 2.05) is 6.07 Å². The third-order valence-corrected chi connectivity index (χ3v) is 5.91. The zero-order valence-electron chi connectivity index (χ0n) is 14.4. The summed E-state index contributed by atoms with van der Waals surface area (Å²) in [4.78, 5) is 2.14. The standard InChI is InChI=1S/C21H23ClN2/c1-13-19(22)12-11-18-16-5-4-6-17(16)21(23-20(13)18)14-7-9-15(10-8-14)24(2)3/h4-5,7-12,16-17,21,23H,6H2,1-3H3. The molecule has 1 aliphatic carbocycles. The van der Waals surface area contributed by atoms with Crippen molar-refractivity contribution >= 4 is 23.0 Å². The van der Waals surface area contributed by atoms with Gasteiger partial charge in [0.15, 0.2) is 0 Å². The first-order chi connectivity index (χ1) is 11.6. The molecule has 1 aliphatic heterocycles. The average molecular weight is 339 g/mol. The Morgan fingerprint density at radius 2 is 1.83 bits per heavy atom. The summed E-state index contributed by atoms with van der Waals surface area (Å²) in [5.74, 6) is 1.05. The molecule has 2 aromatic carbocycles. The van der Waals surface area contributed by atoms with Crippen molar-refractivity contribution < 1.29 is 0 Å². The lowest BCUT2D eigenvalue weighted by Crippen LogP contribution is -2.29. The number of allylic oxidation sites excluding steroid dienone is 2. The third kappa shape index (κ3) is 2.41. The number of fused-ring (bicyclic) bond motifs is 3. The lowest BCUT2D eigenvalue weighted by Gasteiger charge is -2.38. The molecule has 124 valence electrons. The van der Waals surface area contributed by atoms with E-state index in [2.05, 4.69) is 73.7 Å². The van der Waals surface area contributed by atoms with Gasteiger partial charge in [-0.3, -0.25) is 0 Å². The second-order valence-corrected chi connectivity index (χ2v) is 7.51. The number of nitrogens with zero attached hydrogens (tertiary/aromatic N) is 1. The van der Waals surface area contributed by atoms with Crippen LogP contribution in [0.15, 0.2) is 48.6 Å². The van der Waals surface area contributed by atoms with Crippen LogP contribution in [0.4, 0.5) is 11.4 Å². The minimum Gasteiger partial charge on any atom is -0.378 e. The molecule has 24 heavy (non-hydrogen) atoms. The fourth-order valence-corrected chi connectivity index (χ4v) is 4.26. The molecule has 2 aromatic rings. The van der Waals surface area contributed by atoms with Crippen molar-refractivity contribution in [1.29, 1.82) is 0 Å². The van der Waals surface area contributed by atoms with Gasteiger partial charge in [-0.1, -0.05) is 42.0 Å². The van der Waals surface area contributed by atoms with Crippen LogP contribution in [0, 0.1) is 12.8 Å². The van der Waals surface area contributed by atoms with Crippen LogP contribution >= 0.6 is 11.6 Å². The van der Waals surface area contributed by atoms with Crippen molar-refractivity contribution in [3.05, 3.63) is 70.3 Å². The quantitative estimate of drug-likeness (QED) is 0.723. The molecule has 0 amide bonds. The highest BCUT2D eigenvalue weighted by molar-refractivity contribution is 6.31. The Hall–Kier alpha value is -1.93. The van der Waals surface area contributed by atoms with E-state index in [1.165, 1.54) is 22.5 Å². The minimum atomic E-state index is 0.325. The van der Waals surface area contributed by atoms with E-state index in [0.717, 1.165) is 17.0 Å². The highest BCUT2D eigenvalue weighted by atomic mass is 35.5. The number of nitrogens with one attached hydrogen (secondary N) is 1. The Morgan fingerprint density at radius 1 is 1.08 bits per heavy atom. The van der Waals surface area contributed by atoms with Crippen LogP contribution in [0.1, 0.15) is 35.1 Å². The van der Waals surface area contributed by atoms with E-state index < -0.39 is 0 Å². The van der Waals surface area contributed by atoms with E-state index >= 15 is 0 Å². The van der Waals surface area contributed by atoms with Crippen molar-refractivity contribution in [1.82, 2.24) is 0 Å². The monoisotopic (exact) mass is 338 g/mol. The number of rotatable bonds is 2. The molecule has 0 aromatic heterocycles. The Labute approximate surface area is 149 Å². The van der Waals surface area contributed by atoms with Crippen LogP contribution < -0.4 is 10.2 Å². The molecule has 0 bridgehead atoms. The second-order valence-electron chi connectivity index (χ2n) is 7.10. The SMILES string of the molecule is Cc1c(Cl)ccc2c1NC(c1ccc(N(C)C)cc1)C1CC=CC21. The van der Waals surface area contributed by atoms with Crippen LogP contribution in [0.5, 0.6) is 0 Å². The molecule has 2 nitrogen and oxygen atoms in total. The van der Waals surface area contributed by atoms with Gasteiger partial charge in [0.05, 0.1) is 6.04 Å². The molecule has 0 saturated heterocycles. The highest BCUT2D eigenvalue weighted by Gasteiger charge is 2.38. The maximum Gasteiger partial charge on any atom is 0.0554 e. The average Bonchev–Trinajstić information content (AvgIpc) is 3.07. The van der Waals surface area contributed by atoms with Gasteiger partial charge in [0.25, 0.3) is 0 Å². The molecular weight excluding hydrogens is 316 g/mol. The number of halogens is 1. The van der Waals surface area contributed by atoms with Crippen LogP contribution in [0.3, 0.4) is 0 Å². The zero-order valence-corrected chi connectivity index (χ0v) is 15.1. The van der Waals surface area contributed by atoms with Crippen LogP contribution in [0.2, 0.25) is 5.02 Å².